The molecule has 2 aromatic rings. The lowest BCUT2D eigenvalue weighted by atomic mass is 10.2. The molecule has 0 aliphatic heterocycles. The number of halogens is 1. The number of hydrogen-bond acceptors (Lipinski definition) is 3. The van der Waals surface area contributed by atoms with Crippen molar-refractivity contribution in [1.29, 1.82) is 5.26 Å². The standard InChI is InChI=1S/C14H14ClN3O/c1-18-9-10(5-12(18)7-16)8-17-11-3-4-13(15)14(6-11)19-2/h3-6,9,17H,8H2,1-2H3. The molecule has 1 aromatic carbocycles. The monoisotopic (exact) mass is 275 g/mol. The van der Waals surface area contributed by atoms with Crippen molar-refractivity contribution in [3.05, 3.63) is 46.7 Å². The van der Waals surface area contributed by atoms with Crippen LogP contribution in [0.1, 0.15) is 11.3 Å². The molecule has 4 nitrogen and oxygen atoms in total. The molecule has 98 valence electrons. The Bertz CT molecular complexity index is 628. The van der Waals surface area contributed by atoms with E-state index in [2.05, 4.69) is 11.4 Å². The maximum Gasteiger partial charge on any atom is 0.139 e. The zero-order valence-corrected chi connectivity index (χ0v) is 11.5. The third kappa shape index (κ3) is 3.01. The van der Waals surface area contributed by atoms with Crippen molar-refractivity contribution < 1.29 is 4.74 Å². The maximum absolute atomic E-state index is 8.89. The van der Waals surface area contributed by atoms with Crippen LogP contribution in [0.2, 0.25) is 5.02 Å². The van der Waals surface area contributed by atoms with E-state index in [1.807, 2.05) is 31.4 Å². The first-order chi connectivity index (χ1) is 9.13. The molecule has 2 rings (SSSR count). The van der Waals surface area contributed by atoms with Crippen molar-refractivity contribution in [3.63, 3.8) is 0 Å². The highest BCUT2D eigenvalue weighted by Gasteiger charge is 2.04. The summed E-state index contributed by atoms with van der Waals surface area (Å²) in [6.07, 6.45) is 1.93. The highest BCUT2D eigenvalue weighted by molar-refractivity contribution is 6.32. The lowest BCUT2D eigenvalue weighted by molar-refractivity contribution is 0.415. The third-order valence-electron chi connectivity index (χ3n) is 2.82. The molecule has 1 N–H and O–H groups in total. The minimum absolute atomic E-state index is 0.583. The van der Waals surface area contributed by atoms with E-state index in [1.54, 1.807) is 17.7 Å². The maximum atomic E-state index is 8.89. The van der Waals surface area contributed by atoms with E-state index in [0.717, 1.165) is 11.3 Å². The van der Waals surface area contributed by atoms with Crippen molar-refractivity contribution >= 4 is 17.3 Å². The summed E-state index contributed by atoms with van der Waals surface area (Å²) in [6, 6.07) is 9.52. The molecule has 0 saturated heterocycles. The quantitative estimate of drug-likeness (QED) is 0.932. The summed E-state index contributed by atoms with van der Waals surface area (Å²) >= 11 is 5.96. The van der Waals surface area contributed by atoms with Crippen LogP contribution in [0.25, 0.3) is 0 Å². The van der Waals surface area contributed by atoms with Gasteiger partial charge in [-0.1, -0.05) is 11.6 Å². The number of rotatable bonds is 4. The van der Waals surface area contributed by atoms with Gasteiger partial charge < -0.3 is 14.6 Å². The summed E-state index contributed by atoms with van der Waals surface area (Å²) in [6.45, 7) is 0.639. The van der Waals surface area contributed by atoms with Gasteiger partial charge in [0.2, 0.25) is 0 Å². The van der Waals surface area contributed by atoms with Gasteiger partial charge in [0.1, 0.15) is 17.5 Å². The van der Waals surface area contributed by atoms with Gasteiger partial charge in [-0.05, 0) is 23.8 Å². The summed E-state index contributed by atoms with van der Waals surface area (Å²) in [5.41, 5.74) is 2.61. The zero-order valence-electron chi connectivity index (χ0n) is 10.8. The second kappa shape index (κ2) is 5.68. The third-order valence-corrected chi connectivity index (χ3v) is 3.14. The first kappa shape index (κ1) is 13.3. The molecule has 1 aromatic heterocycles. The van der Waals surface area contributed by atoms with Gasteiger partial charge in [-0.15, -0.1) is 0 Å². The summed E-state index contributed by atoms with van der Waals surface area (Å²) in [5.74, 6) is 0.637. The molecule has 0 spiro atoms. The number of hydrogen-bond donors (Lipinski definition) is 1. The number of nitrogens with zero attached hydrogens (tertiary/aromatic N) is 2. The first-order valence-electron chi connectivity index (χ1n) is 5.77. The van der Waals surface area contributed by atoms with Crippen molar-refractivity contribution in [2.75, 3.05) is 12.4 Å². The summed E-state index contributed by atoms with van der Waals surface area (Å²) < 4.78 is 6.96. The lowest BCUT2D eigenvalue weighted by Crippen LogP contribution is -1.98. The molecule has 0 bridgehead atoms. The average molecular weight is 276 g/mol. The van der Waals surface area contributed by atoms with Crippen LogP contribution in [0.5, 0.6) is 5.75 Å². The zero-order chi connectivity index (χ0) is 13.8. The van der Waals surface area contributed by atoms with E-state index >= 15 is 0 Å². The number of aryl methyl sites for hydroxylation is 1. The Labute approximate surface area is 117 Å². The number of nitrogens with one attached hydrogen (secondary N) is 1. The van der Waals surface area contributed by atoms with E-state index in [-0.39, 0.29) is 0 Å². The Morgan fingerprint density at radius 3 is 2.84 bits per heavy atom. The largest absolute Gasteiger partial charge is 0.495 e. The van der Waals surface area contributed by atoms with Gasteiger partial charge in [-0.2, -0.15) is 5.26 Å². The smallest absolute Gasteiger partial charge is 0.139 e. The van der Waals surface area contributed by atoms with Crippen molar-refractivity contribution in [1.82, 2.24) is 4.57 Å². The van der Waals surface area contributed by atoms with Gasteiger partial charge in [0.15, 0.2) is 0 Å². The molecule has 19 heavy (non-hydrogen) atoms. The fraction of sp³-hybridized carbons (Fsp3) is 0.214. The van der Waals surface area contributed by atoms with Crippen LogP contribution in [-0.2, 0) is 13.6 Å². The van der Waals surface area contributed by atoms with E-state index in [1.165, 1.54) is 0 Å². The van der Waals surface area contributed by atoms with Crippen LogP contribution in [0, 0.1) is 11.3 Å². The molecule has 0 aliphatic carbocycles. The second-order valence-electron chi connectivity index (χ2n) is 4.16. The number of ether oxygens (including phenoxy) is 1. The van der Waals surface area contributed by atoms with Gasteiger partial charge >= 0.3 is 0 Å². The molecule has 1 heterocycles. The summed E-state index contributed by atoms with van der Waals surface area (Å²) in [4.78, 5) is 0. The number of methoxy groups -OCH3 is 1. The Kier molecular flexibility index (Phi) is 3.98. The van der Waals surface area contributed by atoms with Crippen molar-refractivity contribution in [2.45, 2.75) is 6.54 Å². The second-order valence-corrected chi connectivity index (χ2v) is 4.57. The Morgan fingerprint density at radius 1 is 1.42 bits per heavy atom. The Hall–Kier alpha value is -2.12. The number of benzene rings is 1. The van der Waals surface area contributed by atoms with Crippen LogP contribution in [-0.4, -0.2) is 11.7 Å². The Morgan fingerprint density at radius 2 is 2.21 bits per heavy atom. The molecule has 0 radical (unpaired) electrons. The fourth-order valence-electron chi connectivity index (χ4n) is 1.81. The SMILES string of the molecule is COc1cc(NCc2cc(C#N)n(C)c2)ccc1Cl. The molecule has 0 atom stereocenters. The minimum Gasteiger partial charge on any atom is -0.495 e. The topological polar surface area (TPSA) is 50.0 Å². The molecule has 0 fully saturated rings. The summed E-state index contributed by atoms with van der Waals surface area (Å²) in [5, 5.41) is 12.7. The summed E-state index contributed by atoms with van der Waals surface area (Å²) in [7, 11) is 3.44. The fourth-order valence-corrected chi connectivity index (χ4v) is 2.01. The van der Waals surface area contributed by atoms with E-state index in [0.29, 0.717) is 23.0 Å². The van der Waals surface area contributed by atoms with Crippen LogP contribution in [0.3, 0.4) is 0 Å². The number of aromatic nitrogens is 1. The Balaban J connectivity index is 2.08. The van der Waals surface area contributed by atoms with Crippen molar-refractivity contribution in [2.24, 2.45) is 7.05 Å². The molecule has 0 saturated carbocycles. The van der Waals surface area contributed by atoms with Crippen molar-refractivity contribution in [3.8, 4) is 11.8 Å². The molecular formula is C14H14ClN3O. The predicted octanol–water partition coefficient (Wildman–Crippen LogP) is 3.17. The molecule has 0 aliphatic rings. The number of anilines is 1. The number of nitriles is 1. The lowest BCUT2D eigenvalue weighted by Gasteiger charge is -2.08. The molecule has 5 heteroatoms. The first-order valence-corrected chi connectivity index (χ1v) is 6.14. The minimum atomic E-state index is 0.583. The van der Waals surface area contributed by atoms with Crippen LogP contribution in [0.4, 0.5) is 5.69 Å². The van der Waals surface area contributed by atoms with Crippen LogP contribution < -0.4 is 10.1 Å². The normalized spacial score (nSPS) is 10.0. The van der Waals surface area contributed by atoms with Gasteiger partial charge in [0.05, 0.1) is 12.1 Å². The molecular weight excluding hydrogens is 262 g/mol. The van der Waals surface area contributed by atoms with Gasteiger partial charge in [0.25, 0.3) is 0 Å². The van der Waals surface area contributed by atoms with Crippen LogP contribution in [0.15, 0.2) is 30.5 Å². The van der Waals surface area contributed by atoms with Crippen LogP contribution >= 0.6 is 11.6 Å². The highest BCUT2D eigenvalue weighted by atomic mass is 35.5. The van der Waals surface area contributed by atoms with E-state index < -0.39 is 0 Å². The molecule has 0 amide bonds. The predicted molar refractivity (Wildman–Crippen MR) is 75.5 cm³/mol. The highest BCUT2D eigenvalue weighted by Crippen LogP contribution is 2.27. The average Bonchev–Trinajstić information content (AvgIpc) is 2.78. The van der Waals surface area contributed by atoms with E-state index in [9.17, 15) is 0 Å². The van der Waals surface area contributed by atoms with Gasteiger partial charge in [-0.3, -0.25) is 0 Å². The van der Waals surface area contributed by atoms with E-state index in [4.69, 9.17) is 21.6 Å². The van der Waals surface area contributed by atoms with Gasteiger partial charge in [0, 0.05) is 31.5 Å². The van der Waals surface area contributed by atoms with Gasteiger partial charge in [-0.25, -0.2) is 0 Å². The molecule has 0 unspecified atom stereocenters.